The van der Waals surface area contributed by atoms with Crippen LogP contribution in [-0.2, 0) is 0 Å². The minimum Gasteiger partial charge on any atom is -0.396 e. The van der Waals surface area contributed by atoms with Crippen molar-refractivity contribution in [2.75, 3.05) is 32.1 Å². The summed E-state index contributed by atoms with van der Waals surface area (Å²) in [5.74, 6) is 0. The van der Waals surface area contributed by atoms with Crippen molar-refractivity contribution >= 4 is 5.69 Å². The van der Waals surface area contributed by atoms with Gasteiger partial charge in [-0.2, -0.15) is 0 Å². The molecule has 4 N–H and O–H groups in total. The average Bonchev–Trinajstić information content (AvgIpc) is 2.42. The van der Waals surface area contributed by atoms with E-state index in [1.165, 1.54) is 11.3 Å². The summed E-state index contributed by atoms with van der Waals surface area (Å²) in [6.45, 7) is 2.95. The first-order valence-corrected chi connectivity index (χ1v) is 6.92. The molecule has 0 aromatic heterocycles. The Morgan fingerprint density at radius 2 is 1.89 bits per heavy atom. The van der Waals surface area contributed by atoms with Gasteiger partial charge in [-0.1, -0.05) is 12.1 Å². The molecule has 0 heterocycles. The van der Waals surface area contributed by atoms with Crippen molar-refractivity contribution < 1.29 is 5.11 Å². The Morgan fingerprint density at radius 1 is 1.26 bits per heavy atom. The topological polar surface area (TPSA) is 61.5 Å². The second kappa shape index (κ2) is 8.15. The van der Waals surface area contributed by atoms with Gasteiger partial charge in [-0.15, -0.1) is 0 Å². The van der Waals surface area contributed by atoms with Crippen LogP contribution in [0.3, 0.4) is 0 Å². The lowest BCUT2D eigenvalue weighted by Gasteiger charge is -2.23. The van der Waals surface area contributed by atoms with E-state index in [9.17, 15) is 0 Å². The van der Waals surface area contributed by atoms with Crippen LogP contribution in [0.4, 0.5) is 5.69 Å². The smallest absolute Gasteiger partial charge is 0.0446 e. The standard InChI is InChI=1S/C15H27N3O/c1-12(5-4-10-19)17-15(11-16)13-6-8-14(9-7-13)18(2)3/h6-9,12,15,17,19H,4-5,10-11,16H2,1-3H3. The van der Waals surface area contributed by atoms with E-state index in [1.807, 2.05) is 14.1 Å². The van der Waals surface area contributed by atoms with Crippen LogP contribution in [0.15, 0.2) is 24.3 Å². The van der Waals surface area contributed by atoms with Crippen molar-refractivity contribution in [3.63, 3.8) is 0 Å². The monoisotopic (exact) mass is 265 g/mol. The molecule has 1 aromatic rings. The maximum Gasteiger partial charge on any atom is 0.0446 e. The third kappa shape index (κ3) is 5.19. The quantitative estimate of drug-likeness (QED) is 0.666. The van der Waals surface area contributed by atoms with Crippen LogP contribution in [0.1, 0.15) is 31.4 Å². The molecule has 0 aliphatic heterocycles. The molecule has 4 heteroatoms. The lowest BCUT2D eigenvalue weighted by atomic mass is 10.0. The summed E-state index contributed by atoms with van der Waals surface area (Å²) < 4.78 is 0. The lowest BCUT2D eigenvalue weighted by molar-refractivity contribution is 0.274. The van der Waals surface area contributed by atoms with E-state index in [2.05, 4.69) is 41.4 Å². The van der Waals surface area contributed by atoms with Gasteiger partial charge in [0.25, 0.3) is 0 Å². The second-order valence-electron chi connectivity index (χ2n) is 5.21. The first-order valence-electron chi connectivity index (χ1n) is 6.92. The minimum atomic E-state index is 0.171. The summed E-state index contributed by atoms with van der Waals surface area (Å²) in [6.07, 6.45) is 1.79. The molecule has 4 nitrogen and oxygen atoms in total. The zero-order valence-corrected chi connectivity index (χ0v) is 12.3. The predicted molar refractivity (Wildman–Crippen MR) is 81.5 cm³/mol. The number of anilines is 1. The van der Waals surface area contributed by atoms with E-state index in [-0.39, 0.29) is 12.6 Å². The van der Waals surface area contributed by atoms with Crippen molar-refractivity contribution in [1.82, 2.24) is 5.32 Å². The number of nitrogens with zero attached hydrogens (tertiary/aromatic N) is 1. The largest absolute Gasteiger partial charge is 0.396 e. The molecular weight excluding hydrogens is 238 g/mol. The number of rotatable bonds is 8. The van der Waals surface area contributed by atoms with Crippen LogP contribution in [0, 0.1) is 0 Å². The zero-order chi connectivity index (χ0) is 14.3. The molecule has 0 fully saturated rings. The number of aliphatic hydroxyl groups is 1. The number of nitrogens with two attached hydrogens (primary N) is 1. The van der Waals surface area contributed by atoms with Gasteiger partial charge >= 0.3 is 0 Å². The summed E-state index contributed by atoms with van der Waals surface area (Å²) in [5.41, 5.74) is 8.26. The SMILES string of the molecule is CC(CCCO)NC(CN)c1ccc(N(C)C)cc1. The van der Waals surface area contributed by atoms with Gasteiger partial charge in [-0.25, -0.2) is 0 Å². The maximum atomic E-state index is 8.85. The molecule has 0 saturated carbocycles. The molecular formula is C15H27N3O. The molecule has 19 heavy (non-hydrogen) atoms. The molecule has 0 aliphatic rings. The van der Waals surface area contributed by atoms with Crippen LogP contribution in [0.5, 0.6) is 0 Å². The molecule has 108 valence electrons. The van der Waals surface area contributed by atoms with Gasteiger partial charge < -0.3 is 21.1 Å². The van der Waals surface area contributed by atoms with Crippen LogP contribution < -0.4 is 16.0 Å². The summed E-state index contributed by atoms with van der Waals surface area (Å²) in [5, 5.41) is 12.4. The molecule has 0 radical (unpaired) electrons. The summed E-state index contributed by atoms with van der Waals surface area (Å²) in [7, 11) is 4.06. The third-order valence-corrected chi connectivity index (χ3v) is 3.33. The van der Waals surface area contributed by atoms with E-state index in [0.29, 0.717) is 12.6 Å². The Bertz CT molecular complexity index is 351. The molecule has 1 aromatic carbocycles. The Labute approximate surface area is 116 Å². The highest BCUT2D eigenvalue weighted by Crippen LogP contribution is 2.18. The Kier molecular flexibility index (Phi) is 6.84. The Balaban J connectivity index is 2.63. The molecule has 0 saturated heterocycles. The fourth-order valence-electron chi connectivity index (χ4n) is 2.13. The van der Waals surface area contributed by atoms with E-state index in [1.54, 1.807) is 0 Å². The minimum absolute atomic E-state index is 0.171. The van der Waals surface area contributed by atoms with Crippen molar-refractivity contribution in [2.45, 2.75) is 31.8 Å². The highest BCUT2D eigenvalue weighted by Gasteiger charge is 2.12. The lowest BCUT2D eigenvalue weighted by Crippen LogP contribution is -2.35. The molecule has 0 spiro atoms. The van der Waals surface area contributed by atoms with Crippen LogP contribution in [0.2, 0.25) is 0 Å². The van der Waals surface area contributed by atoms with Crippen molar-refractivity contribution in [3.05, 3.63) is 29.8 Å². The zero-order valence-electron chi connectivity index (χ0n) is 12.3. The van der Waals surface area contributed by atoms with E-state index < -0.39 is 0 Å². The van der Waals surface area contributed by atoms with Crippen LogP contribution >= 0.6 is 0 Å². The fourth-order valence-corrected chi connectivity index (χ4v) is 2.13. The number of hydrogen-bond donors (Lipinski definition) is 3. The number of hydrogen-bond acceptors (Lipinski definition) is 4. The maximum absolute atomic E-state index is 8.85. The summed E-state index contributed by atoms with van der Waals surface area (Å²) >= 11 is 0. The van der Waals surface area contributed by atoms with Gasteiger partial charge in [0.15, 0.2) is 0 Å². The van der Waals surface area contributed by atoms with Gasteiger partial charge in [0, 0.05) is 45.0 Å². The second-order valence-corrected chi connectivity index (χ2v) is 5.21. The Hall–Kier alpha value is -1.10. The highest BCUT2D eigenvalue weighted by atomic mass is 16.2. The molecule has 2 atom stereocenters. The van der Waals surface area contributed by atoms with Crippen LogP contribution in [0.25, 0.3) is 0 Å². The van der Waals surface area contributed by atoms with Gasteiger partial charge in [-0.05, 0) is 37.5 Å². The highest BCUT2D eigenvalue weighted by molar-refractivity contribution is 5.46. The first kappa shape index (κ1) is 16.0. The van der Waals surface area contributed by atoms with E-state index in [0.717, 1.165) is 12.8 Å². The normalized spacial score (nSPS) is 14.2. The fraction of sp³-hybridized carbons (Fsp3) is 0.600. The van der Waals surface area contributed by atoms with E-state index >= 15 is 0 Å². The third-order valence-electron chi connectivity index (χ3n) is 3.33. The van der Waals surface area contributed by atoms with Gasteiger partial charge in [0.2, 0.25) is 0 Å². The van der Waals surface area contributed by atoms with Crippen molar-refractivity contribution in [3.8, 4) is 0 Å². The van der Waals surface area contributed by atoms with Crippen molar-refractivity contribution in [1.29, 1.82) is 0 Å². The number of nitrogens with one attached hydrogen (secondary N) is 1. The van der Waals surface area contributed by atoms with Gasteiger partial charge in [0.05, 0.1) is 0 Å². The van der Waals surface area contributed by atoms with Crippen molar-refractivity contribution in [2.24, 2.45) is 5.73 Å². The van der Waals surface area contributed by atoms with E-state index in [4.69, 9.17) is 10.8 Å². The number of benzene rings is 1. The molecule has 0 bridgehead atoms. The van der Waals surface area contributed by atoms with Gasteiger partial charge in [-0.3, -0.25) is 0 Å². The van der Waals surface area contributed by atoms with Gasteiger partial charge in [0.1, 0.15) is 0 Å². The molecule has 1 rings (SSSR count). The molecule has 2 unspecified atom stereocenters. The van der Waals surface area contributed by atoms with Crippen LogP contribution in [-0.4, -0.2) is 38.4 Å². The number of aliphatic hydroxyl groups excluding tert-OH is 1. The molecule has 0 amide bonds. The predicted octanol–water partition coefficient (Wildman–Crippen LogP) is 1.50. The summed E-state index contributed by atoms with van der Waals surface area (Å²) in [6, 6.07) is 8.99. The average molecular weight is 265 g/mol. The Morgan fingerprint density at radius 3 is 2.37 bits per heavy atom. The first-order chi connectivity index (χ1) is 9.08. The summed E-state index contributed by atoms with van der Waals surface area (Å²) in [4.78, 5) is 2.08. The molecule has 0 aliphatic carbocycles.